The Morgan fingerprint density at radius 3 is 2.33 bits per heavy atom. The molecule has 2 atom stereocenters. The number of unbranched alkanes of at least 4 members (excludes halogenated alkanes) is 1. The number of hydrogen-bond acceptors (Lipinski definition) is 1. The van der Waals surface area contributed by atoms with Crippen LogP contribution in [0, 0.1) is 11.7 Å². The molecule has 0 fully saturated rings. The van der Waals surface area contributed by atoms with E-state index < -0.39 is 0 Å². The van der Waals surface area contributed by atoms with Gasteiger partial charge in [0.25, 0.3) is 0 Å². The van der Waals surface area contributed by atoms with Crippen molar-refractivity contribution in [3.63, 3.8) is 0 Å². The maximum Gasteiger partial charge on any atom is 0.123 e. The van der Waals surface area contributed by atoms with E-state index in [1.54, 1.807) is 12.1 Å². The molecule has 0 spiro atoms. The quantitative estimate of drug-likeness (QED) is 0.530. The van der Waals surface area contributed by atoms with Gasteiger partial charge in [-0.2, -0.15) is 0 Å². The van der Waals surface area contributed by atoms with Gasteiger partial charge >= 0.3 is 0 Å². The van der Waals surface area contributed by atoms with Crippen LogP contribution >= 0.6 is 0 Å². The lowest BCUT2D eigenvalue weighted by molar-refractivity contribution is 0.376. The van der Waals surface area contributed by atoms with E-state index in [2.05, 4.69) is 26.1 Å². The monoisotopic (exact) mass is 293 g/mol. The smallest absolute Gasteiger partial charge is 0.123 e. The van der Waals surface area contributed by atoms with Crippen LogP contribution in [-0.4, -0.2) is 13.1 Å². The Balaban J connectivity index is 2.68. The molecule has 1 rings (SSSR count). The maximum absolute atomic E-state index is 13.1. The van der Waals surface area contributed by atoms with Gasteiger partial charge < -0.3 is 5.32 Å². The molecule has 0 aliphatic heterocycles. The molecule has 0 radical (unpaired) electrons. The molecule has 2 heteroatoms. The molecule has 0 aromatic heterocycles. The van der Waals surface area contributed by atoms with Gasteiger partial charge in [0.15, 0.2) is 0 Å². The second-order valence-corrected chi connectivity index (χ2v) is 6.10. The summed E-state index contributed by atoms with van der Waals surface area (Å²) in [6, 6.07) is 7.10. The van der Waals surface area contributed by atoms with Crippen molar-refractivity contribution in [2.75, 3.05) is 13.1 Å². The first-order chi connectivity index (χ1) is 10.2. The van der Waals surface area contributed by atoms with E-state index in [1.165, 1.54) is 37.7 Å². The highest BCUT2D eigenvalue weighted by molar-refractivity contribution is 5.21. The predicted molar refractivity (Wildman–Crippen MR) is 90.2 cm³/mol. The lowest BCUT2D eigenvalue weighted by atomic mass is 9.85. The second-order valence-electron chi connectivity index (χ2n) is 6.10. The number of rotatable bonds is 11. The van der Waals surface area contributed by atoms with Crippen LogP contribution in [0.25, 0.3) is 0 Å². The van der Waals surface area contributed by atoms with Gasteiger partial charge in [-0.1, -0.05) is 58.6 Å². The van der Waals surface area contributed by atoms with Crippen LogP contribution in [0.3, 0.4) is 0 Å². The molecule has 1 N–H and O–H groups in total. The van der Waals surface area contributed by atoms with Crippen molar-refractivity contribution in [1.82, 2.24) is 5.32 Å². The SMILES string of the molecule is CCCCC(CC)CC(CNCCC)c1ccc(F)cc1. The average molecular weight is 293 g/mol. The van der Waals surface area contributed by atoms with E-state index in [0.29, 0.717) is 5.92 Å². The molecule has 21 heavy (non-hydrogen) atoms. The minimum absolute atomic E-state index is 0.142. The highest BCUT2D eigenvalue weighted by Gasteiger charge is 2.17. The van der Waals surface area contributed by atoms with Crippen LogP contribution in [0.2, 0.25) is 0 Å². The van der Waals surface area contributed by atoms with E-state index >= 15 is 0 Å². The van der Waals surface area contributed by atoms with Crippen LogP contribution in [0.4, 0.5) is 4.39 Å². The molecule has 0 amide bonds. The summed E-state index contributed by atoms with van der Waals surface area (Å²) in [6.07, 6.45) is 7.51. The Bertz CT molecular complexity index is 360. The largest absolute Gasteiger partial charge is 0.316 e. The normalized spacial score (nSPS) is 14.1. The van der Waals surface area contributed by atoms with Crippen LogP contribution in [-0.2, 0) is 0 Å². The molecule has 1 aromatic carbocycles. The van der Waals surface area contributed by atoms with Crippen LogP contribution < -0.4 is 5.32 Å². The summed E-state index contributed by atoms with van der Waals surface area (Å²) < 4.78 is 13.1. The maximum atomic E-state index is 13.1. The fourth-order valence-corrected chi connectivity index (χ4v) is 2.91. The topological polar surface area (TPSA) is 12.0 Å². The number of nitrogens with one attached hydrogen (secondary N) is 1. The first-order valence-corrected chi connectivity index (χ1v) is 8.67. The summed E-state index contributed by atoms with van der Waals surface area (Å²) >= 11 is 0. The van der Waals surface area contributed by atoms with Crippen molar-refractivity contribution in [1.29, 1.82) is 0 Å². The Hall–Kier alpha value is -0.890. The van der Waals surface area contributed by atoms with Crippen molar-refractivity contribution >= 4 is 0 Å². The van der Waals surface area contributed by atoms with E-state index in [9.17, 15) is 4.39 Å². The Morgan fingerprint density at radius 2 is 1.76 bits per heavy atom. The highest BCUT2D eigenvalue weighted by Crippen LogP contribution is 2.28. The van der Waals surface area contributed by atoms with Gasteiger partial charge in [-0.3, -0.25) is 0 Å². The second kappa shape index (κ2) is 10.8. The number of hydrogen-bond donors (Lipinski definition) is 1. The Labute approximate surface area is 130 Å². The minimum atomic E-state index is -0.142. The third kappa shape index (κ3) is 7.08. The minimum Gasteiger partial charge on any atom is -0.316 e. The zero-order chi connectivity index (χ0) is 15.5. The molecule has 0 aliphatic rings. The lowest BCUT2D eigenvalue weighted by Crippen LogP contribution is -2.24. The summed E-state index contributed by atoms with van der Waals surface area (Å²) in [4.78, 5) is 0. The van der Waals surface area contributed by atoms with E-state index in [1.807, 2.05) is 12.1 Å². The average Bonchev–Trinajstić information content (AvgIpc) is 2.51. The molecule has 0 aliphatic carbocycles. The zero-order valence-corrected chi connectivity index (χ0v) is 14.0. The summed E-state index contributed by atoms with van der Waals surface area (Å²) in [6.45, 7) is 8.80. The standard InChI is InChI=1S/C19H32FN/c1-4-7-8-16(6-3)14-18(15-21-13-5-2)17-9-11-19(20)12-10-17/h9-12,16,18,21H,4-8,13-15H2,1-3H3. The molecular formula is C19H32FN. The molecule has 120 valence electrons. The van der Waals surface area contributed by atoms with Gasteiger partial charge in [0.2, 0.25) is 0 Å². The van der Waals surface area contributed by atoms with E-state index in [-0.39, 0.29) is 5.82 Å². The lowest BCUT2D eigenvalue weighted by Gasteiger charge is -2.24. The molecule has 0 saturated carbocycles. The van der Waals surface area contributed by atoms with Gasteiger partial charge in [-0.05, 0) is 48.9 Å². The van der Waals surface area contributed by atoms with Gasteiger partial charge in [-0.25, -0.2) is 4.39 Å². The van der Waals surface area contributed by atoms with Gasteiger partial charge in [-0.15, -0.1) is 0 Å². The fraction of sp³-hybridized carbons (Fsp3) is 0.684. The first kappa shape index (κ1) is 18.2. The van der Waals surface area contributed by atoms with Crippen molar-refractivity contribution in [3.05, 3.63) is 35.6 Å². The predicted octanol–water partition coefficient (Wildman–Crippen LogP) is 5.52. The third-order valence-corrected chi connectivity index (χ3v) is 4.32. The zero-order valence-electron chi connectivity index (χ0n) is 14.0. The van der Waals surface area contributed by atoms with E-state index in [0.717, 1.165) is 25.4 Å². The third-order valence-electron chi connectivity index (χ3n) is 4.32. The molecule has 0 saturated heterocycles. The summed E-state index contributed by atoms with van der Waals surface area (Å²) in [5.41, 5.74) is 1.27. The van der Waals surface area contributed by atoms with Gasteiger partial charge in [0.1, 0.15) is 5.82 Å². The van der Waals surface area contributed by atoms with Crippen molar-refractivity contribution < 1.29 is 4.39 Å². The van der Waals surface area contributed by atoms with Crippen molar-refractivity contribution in [3.8, 4) is 0 Å². The molecular weight excluding hydrogens is 261 g/mol. The molecule has 1 aromatic rings. The molecule has 0 heterocycles. The highest BCUT2D eigenvalue weighted by atomic mass is 19.1. The summed E-state index contributed by atoms with van der Waals surface area (Å²) in [5, 5.41) is 3.54. The van der Waals surface area contributed by atoms with Crippen LogP contribution in [0.15, 0.2) is 24.3 Å². The summed E-state index contributed by atoms with van der Waals surface area (Å²) in [5.74, 6) is 1.14. The Kier molecular flexibility index (Phi) is 9.32. The van der Waals surface area contributed by atoms with Crippen LogP contribution in [0.1, 0.15) is 70.8 Å². The van der Waals surface area contributed by atoms with Crippen molar-refractivity contribution in [2.24, 2.45) is 5.92 Å². The number of benzene rings is 1. The molecule has 0 bridgehead atoms. The fourth-order valence-electron chi connectivity index (χ4n) is 2.91. The molecule has 1 nitrogen and oxygen atoms in total. The summed E-state index contributed by atoms with van der Waals surface area (Å²) in [7, 11) is 0. The molecule has 2 unspecified atom stereocenters. The van der Waals surface area contributed by atoms with E-state index in [4.69, 9.17) is 0 Å². The first-order valence-electron chi connectivity index (χ1n) is 8.67. The van der Waals surface area contributed by atoms with Crippen LogP contribution in [0.5, 0.6) is 0 Å². The van der Waals surface area contributed by atoms with Gasteiger partial charge in [0, 0.05) is 6.54 Å². The van der Waals surface area contributed by atoms with Gasteiger partial charge in [0.05, 0.1) is 0 Å². The van der Waals surface area contributed by atoms with Crippen molar-refractivity contribution in [2.45, 2.75) is 65.2 Å². The number of halogens is 1. The Morgan fingerprint density at radius 1 is 1.05 bits per heavy atom.